The number of piperidine rings is 1. The maximum atomic E-state index is 12.1. The fourth-order valence-electron chi connectivity index (χ4n) is 2.80. The normalized spacial score (nSPS) is 17.6. The summed E-state index contributed by atoms with van der Waals surface area (Å²) in [4.78, 5) is 12.1. The van der Waals surface area contributed by atoms with E-state index in [-0.39, 0.29) is 11.8 Å². The van der Waals surface area contributed by atoms with E-state index in [1.807, 2.05) is 0 Å². The summed E-state index contributed by atoms with van der Waals surface area (Å²) in [6, 6.07) is 0.545. The van der Waals surface area contributed by atoms with E-state index in [1.165, 1.54) is 23.4 Å². The number of rotatable bonds is 10. The molecule has 23 heavy (non-hydrogen) atoms. The minimum atomic E-state index is -3.12. The van der Waals surface area contributed by atoms with Crippen molar-refractivity contribution >= 4 is 15.9 Å². The Bertz CT molecular complexity index is 443. The van der Waals surface area contributed by atoms with Gasteiger partial charge < -0.3 is 10.6 Å². The quantitative estimate of drug-likeness (QED) is 0.585. The fraction of sp³-hybridized carbons (Fsp3) is 0.938. The molecule has 0 saturated carbocycles. The summed E-state index contributed by atoms with van der Waals surface area (Å²) < 4.78 is 24.3. The fourth-order valence-corrected chi connectivity index (χ4v) is 3.67. The topological polar surface area (TPSA) is 78.5 Å². The van der Waals surface area contributed by atoms with Crippen molar-refractivity contribution < 1.29 is 13.2 Å². The maximum Gasteiger partial charge on any atom is 0.223 e. The number of nitrogens with one attached hydrogen (secondary N) is 2. The second-order valence-corrected chi connectivity index (χ2v) is 8.73. The van der Waals surface area contributed by atoms with Crippen molar-refractivity contribution in [1.29, 1.82) is 0 Å². The summed E-state index contributed by atoms with van der Waals surface area (Å²) in [6.45, 7) is 7.00. The van der Waals surface area contributed by atoms with Crippen LogP contribution < -0.4 is 10.6 Å². The van der Waals surface area contributed by atoms with Gasteiger partial charge in [-0.2, -0.15) is 0 Å². The Labute approximate surface area is 141 Å². The Morgan fingerprint density at radius 3 is 2.17 bits per heavy atom. The molecule has 1 aliphatic rings. The third kappa shape index (κ3) is 8.67. The molecule has 0 spiro atoms. The second-order valence-electron chi connectivity index (χ2n) is 6.75. The van der Waals surface area contributed by atoms with Crippen LogP contribution in [-0.2, 0) is 14.8 Å². The number of carbonyl (C=O) groups is 1. The van der Waals surface area contributed by atoms with Crippen LogP contribution in [-0.4, -0.2) is 57.1 Å². The number of unbranched alkanes of at least 4 members (excludes halogenated alkanes) is 3. The first-order valence-electron chi connectivity index (χ1n) is 8.77. The number of amides is 1. The summed E-state index contributed by atoms with van der Waals surface area (Å²) in [5, 5.41) is 6.39. The van der Waals surface area contributed by atoms with E-state index in [0.717, 1.165) is 25.9 Å². The summed E-state index contributed by atoms with van der Waals surface area (Å²) >= 11 is 0. The van der Waals surface area contributed by atoms with Crippen LogP contribution in [0.3, 0.4) is 0 Å². The minimum absolute atomic E-state index is 0.0387. The van der Waals surface area contributed by atoms with E-state index in [2.05, 4.69) is 24.5 Å². The first-order valence-corrected chi connectivity index (χ1v) is 10.6. The molecule has 1 saturated heterocycles. The van der Waals surface area contributed by atoms with Crippen LogP contribution >= 0.6 is 0 Å². The molecule has 0 aromatic rings. The smallest absolute Gasteiger partial charge is 0.223 e. The monoisotopic (exact) mass is 347 g/mol. The number of hydrogen-bond acceptors (Lipinski definition) is 4. The highest BCUT2D eigenvalue weighted by molar-refractivity contribution is 7.88. The van der Waals surface area contributed by atoms with Crippen LogP contribution in [0.1, 0.15) is 52.4 Å². The number of hydrogen-bond donors (Lipinski definition) is 2. The van der Waals surface area contributed by atoms with Crippen LogP contribution in [0, 0.1) is 5.92 Å². The zero-order valence-electron chi connectivity index (χ0n) is 14.8. The van der Waals surface area contributed by atoms with E-state index in [0.29, 0.717) is 32.0 Å². The lowest BCUT2D eigenvalue weighted by molar-refractivity contribution is -0.126. The maximum absolute atomic E-state index is 12.1. The SMILES string of the molecule is CC(C)NCCCCCCNC(=O)C1CCN(S(C)(=O)=O)CC1. The van der Waals surface area contributed by atoms with Gasteiger partial charge in [-0.15, -0.1) is 0 Å². The molecule has 0 unspecified atom stereocenters. The van der Waals surface area contributed by atoms with Crippen molar-refractivity contribution in [1.82, 2.24) is 14.9 Å². The van der Waals surface area contributed by atoms with Crippen LogP contribution in [0.25, 0.3) is 0 Å². The molecular weight excluding hydrogens is 314 g/mol. The molecule has 0 aliphatic carbocycles. The van der Waals surface area contributed by atoms with Gasteiger partial charge in [0.05, 0.1) is 6.26 Å². The number of carbonyl (C=O) groups excluding carboxylic acids is 1. The summed E-state index contributed by atoms with van der Waals surface area (Å²) in [6.07, 6.45) is 6.98. The van der Waals surface area contributed by atoms with Crippen LogP contribution in [0.4, 0.5) is 0 Å². The average Bonchev–Trinajstić information content (AvgIpc) is 2.48. The van der Waals surface area contributed by atoms with Crippen LogP contribution in [0.15, 0.2) is 0 Å². The minimum Gasteiger partial charge on any atom is -0.356 e. The first-order chi connectivity index (χ1) is 10.8. The van der Waals surface area contributed by atoms with Gasteiger partial charge in [-0.05, 0) is 32.2 Å². The van der Waals surface area contributed by atoms with Gasteiger partial charge in [0.2, 0.25) is 15.9 Å². The molecular formula is C16H33N3O3S. The van der Waals surface area contributed by atoms with Crippen LogP contribution in [0.2, 0.25) is 0 Å². The predicted octanol–water partition coefficient (Wildman–Crippen LogP) is 1.33. The average molecular weight is 348 g/mol. The third-order valence-corrected chi connectivity index (χ3v) is 5.55. The van der Waals surface area contributed by atoms with Gasteiger partial charge in [0.25, 0.3) is 0 Å². The molecule has 1 amide bonds. The van der Waals surface area contributed by atoms with E-state index < -0.39 is 10.0 Å². The zero-order chi connectivity index (χ0) is 17.3. The molecule has 1 aliphatic heterocycles. The van der Waals surface area contributed by atoms with Crippen molar-refractivity contribution in [2.45, 2.75) is 58.4 Å². The molecule has 136 valence electrons. The summed E-state index contributed by atoms with van der Waals surface area (Å²) in [5.41, 5.74) is 0. The molecule has 1 fully saturated rings. The second kappa shape index (κ2) is 10.3. The van der Waals surface area contributed by atoms with Crippen molar-refractivity contribution in [3.63, 3.8) is 0 Å². The van der Waals surface area contributed by atoms with Gasteiger partial charge in [0, 0.05) is 31.6 Å². The Hall–Kier alpha value is -0.660. The molecule has 0 radical (unpaired) electrons. The Kier molecular flexibility index (Phi) is 9.09. The molecule has 6 nitrogen and oxygen atoms in total. The highest BCUT2D eigenvalue weighted by Crippen LogP contribution is 2.19. The van der Waals surface area contributed by atoms with Gasteiger partial charge in [-0.3, -0.25) is 4.79 Å². The molecule has 7 heteroatoms. The Morgan fingerprint density at radius 2 is 1.65 bits per heavy atom. The zero-order valence-corrected chi connectivity index (χ0v) is 15.6. The largest absolute Gasteiger partial charge is 0.356 e. The molecule has 0 aromatic heterocycles. The third-order valence-electron chi connectivity index (χ3n) is 4.25. The van der Waals surface area contributed by atoms with E-state index in [9.17, 15) is 13.2 Å². The van der Waals surface area contributed by atoms with Crippen molar-refractivity contribution in [3.8, 4) is 0 Å². The van der Waals surface area contributed by atoms with Crippen molar-refractivity contribution in [2.75, 3.05) is 32.4 Å². The molecule has 2 N–H and O–H groups in total. The first kappa shape index (κ1) is 20.4. The molecule has 1 heterocycles. The van der Waals surface area contributed by atoms with E-state index >= 15 is 0 Å². The van der Waals surface area contributed by atoms with Gasteiger partial charge in [0.15, 0.2) is 0 Å². The lowest BCUT2D eigenvalue weighted by Crippen LogP contribution is -2.42. The number of sulfonamides is 1. The van der Waals surface area contributed by atoms with Crippen molar-refractivity contribution in [2.24, 2.45) is 5.92 Å². The predicted molar refractivity (Wildman–Crippen MR) is 93.8 cm³/mol. The highest BCUT2D eigenvalue weighted by atomic mass is 32.2. The molecule has 0 aromatic carbocycles. The van der Waals surface area contributed by atoms with Gasteiger partial charge >= 0.3 is 0 Å². The Balaban J connectivity index is 2.05. The van der Waals surface area contributed by atoms with Crippen LogP contribution in [0.5, 0.6) is 0 Å². The molecule has 0 bridgehead atoms. The van der Waals surface area contributed by atoms with Gasteiger partial charge in [-0.25, -0.2) is 12.7 Å². The summed E-state index contributed by atoms with van der Waals surface area (Å²) in [5.74, 6) is 0.0443. The Morgan fingerprint density at radius 1 is 1.09 bits per heavy atom. The lowest BCUT2D eigenvalue weighted by atomic mass is 9.97. The van der Waals surface area contributed by atoms with Crippen molar-refractivity contribution in [3.05, 3.63) is 0 Å². The van der Waals surface area contributed by atoms with E-state index in [4.69, 9.17) is 0 Å². The highest BCUT2D eigenvalue weighted by Gasteiger charge is 2.28. The van der Waals surface area contributed by atoms with Gasteiger partial charge in [-0.1, -0.05) is 26.7 Å². The number of nitrogens with zero attached hydrogens (tertiary/aromatic N) is 1. The molecule has 0 atom stereocenters. The molecule has 1 rings (SSSR count). The van der Waals surface area contributed by atoms with Gasteiger partial charge in [0.1, 0.15) is 0 Å². The standard InChI is InChI=1S/C16H33N3O3S/c1-14(2)17-10-6-4-5-7-11-18-16(20)15-8-12-19(13-9-15)23(3,21)22/h14-15,17H,4-13H2,1-3H3,(H,18,20). The summed E-state index contributed by atoms with van der Waals surface area (Å²) in [7, 11) is -3.12. The van der Waals surface area contributed by atoms with E-state index in [1.54, 1.807) is 0 Å². The lowest BCUT2D eigenvalue weighted by Gasteiger charge is -2.29.